The number of thioether (sulfide) groups is 1. The summed E-state index contributed by atoms with van der Waals surface area (Å²) < 4.78 is 0. The van der Waals surface area contributed by atoms with Gasteiger partial charge >= 0.3 is 0 Å². The molecule has 0 radical (unpaired) electrons. The summed E-state index contributed by atoms with van der Waals surface area (Å²) in [7, 11) is 0. The van der Waals surface area contributed by atoms with E-state index in [1.165, 1.54) is 11.1 Å². The molecule has 1 saturated carbocycles. The van der Waals surface area contributed by atoms with Crippen LogP contribution in [-0.4, -0.2) is 47.9 Å². The third-order valence-corrected chi connectivity index (χ3v) is 7.62. The Morgan fingerprint density at radius 2 is 1.84 bits per heavy atom. The van der Waals surface area contributed by atoms with Gasteiger partial charge in [-0.3, -0.25) is 9.59 Å². The zero-order chi connectivity index (χ0) is 22.2. The Labute approximate surface area is 192 Å². The minimum Gasteiger partial charge on any atom is -0.344 e. The Morgan fingerprint density at radius 3 is 2.42 bits per heavy atom. The first-order chi connectivity index (χ1) is 15.0. The molecule has 0 spiro atoms. The fourth-order valence-electron chi connectivity index (χ4n) is 4.83. The molecule has 2 amide bonds. The molecule has 3 rings (SSSR count). The van der Waals surface area contributed by atoms with Crippen LogP contribution in [0, 0.1) is 17.8 Å². The number of rotatable bonds is 8. The molecule has 0 saturated heterocycles. The first kappa shape index (κ1) is 23.9. The van der Waals surface area contributed by atoms with Gasteiger partial charge in [0, 0.05) is 19.0 Å². The van der Waals surface area contributed by atoms with Gasteiger partial charge in [-0.1, -0.05) is 50.3 Å². The highest BCUT2D eigenvalue weighted by atomic mass is 32.2. The van der Waals surface area contributed by atoms with Crippen LogP contribution in [0.1, 0.15) is 57.9 Å². The maximum atomic E-state index is 13.3. The second kappa shape index (κ2) is 11.8. The predicted molar refractivity (Wildman–Crippen MR) is 131 cm³/mol. The number of benzene rings is 1. The molecule has 1 atom stereocenters. The van der Waals surface area contributed by atoms with E-state index in [9.17, 15) is 9.59 Å². The highest BCUT2D eigenvalue weighted by Gasteiger charge is 2.32. The predicted octanol–water partition coefficient (Wildman–Crippen LogP) is 5.00. The van der Waals surface area contributed by atoms with Crippen LogP contribution in [0.15, 0.2) is 36.4 Å². The van der Waals surface area contributed by atoms with Crippen molar-refractivity contribution in [2.45, 2.75) is 58.4 Å². The standard InChI is InChI=1S/C26H38N2O2S/c1-19(2)20-9-11-23(12-10-20)25(29)27-24(15-18-31-3)26(30)28-16-13-22(14-17-28)21-7-5-4-6-8-21/h4-8,13,19-20,23-24H,9-12,14-18H2,1-3H3,(H,27,29)/t20?,23?,24-/m1/s1. The minimum atomic E-state index is -0.408. The summed E-state index contributed by atoms with van der Waals surface area (Å²) in [6.07, 6.45) is 9.91. The molecule has 2 aliphatic rings. The quantitative estimate of drug-likeness (QED) is 0.616. The molecule has 1 aliphatic heterocycles. The van der Waals surface area contributed by atoms with Gasteiger partial charge in [0.05, 0.1) is 0 Å². The lowest BCUT2D eigenvalue weighted by Gasteiger charge is -2.33. The van der Waals surface area contributed by atoms with E-state index in [1.807, 2.05) is 17.2 Å². The first-order valence-corrected chi connectivity index (χ1v) is 13.2. The van der Waals surface area contributed by atoms with Crippen molar-refractivity contribution in [3.05, 3.63) is 42.0 Å². The van der Waals surface area contributed by atoms with Gasteiger partial charge in [0.1, 0.15) is 6.04 Å². The van der Waals surface area contributed by atoms with Gasteiger partial charge in [-0.2, -0.15) is 11.8 Å². The van der Waals surface area contributed by atoms with Gasteiger partial charge in [-0.05, 0) is 73.5 Å². The molecule has 4 nitrogen and oxygen atoms in total. The Hall–Kier alpha value is -1.75. The van der Waals surface area contributed by atoms with E-state index in [4.69, 9.17) is 0 Å². The molecule has 1 aromatic carbocycles. The van der Waals surface area contributed by atoms with Crippen molar-refractivity contribution in [2.75, 3.05) is 25.1 Å². The lowest BCUT2D eigenvalue weighted by atomic mass is 9.76. The molecule has 1 heterocycles. The second-order valence-corrected chi connectivity index (χ2v) is 10.3. The summed E-state index contributed by atoms with van der Waals surface area (Å²) in [6, 6.07) is 9.97. The fourth-order valence-corrected chi connectivity index (χ4v) is 5.31. The topological polar surface area (TPSA) is 49.4 Å². The minimum absolute atomic E-state index is 0.0607. The average Bonchev–Trinajstić information content (AvgIpc) is 2.82. The number of nitrogens with zero attached hydrogens (tertiary/aromatic N) is 1. The SMILES string of the molecule is CSCC[C@@H](NC(=O)C1CCC(C(C)C)CC1)C(=O)N1CC=C(c2ccccc2)CC1. The molecule has 31 heavy (non-hydrogen) atoms. The average molecular weight is 443 g/mol. The maximum absolute atomic E-state index is 13.3. The van der Waals surface area contributed by atoms with Crippen LogP contribution < -0.4 is 5.32 Å². The van der Waals surface area contributed by atoms with Crippen molar-refractivity contribution >= 4 is 29.1 Å². The highest BCUT2D eigenvalue weighted by Crippen LogP contribution is 2.33. The van der Waals surface area contributed by atoms with E-state index in [1.54, 1.807) is 11.8 Å². The zero-order valence-electron chi connectivity index (χ0n) is 19.3. The van der Waals surface area contributed by atoms with E-state index in [0.717, 1.165) is 43.8 Å². The van der Waals surface area contributed by atoms with Gasteiger partial charge in [0.2, 0.25) is 11.8 Å². The summed E-state index contributed by atoms with van der Waals surface area (Å²) in [4.78, 5) is 28.2. The molecular formula is C26H38N2O2S. The van der Waals surface area contributed by atoms with E-state index in [2.05, 4.69) is 49.5 Å². The van der Waals surface area contributed by atoms with Gasteiger partial charge in [0.15, 0.2) is 0 Å². The molecule has 1 aromatic rings. The van der Waals surface area contributed by atoms with Crippen LogP contribution in [0.2, 0.25) is 0 Å². The molecule has 1 fully saturated rings. The molecule has 170 valence electrons. The van der Waals surface area contributed by atoms with E-state index >= 15 is 0 Å². The number of nitrogens with one attached hydrogen (secondary N) is 1. The van der Waals surface area contributed by atoms with Crippen molar-refractivity contribution in [1.29, 1.82) is 0 Å². The number of carbonyl (C=O) groups is 2. The summed E-state index contributed by atoms with van der Waals surface area (Å²) in [5.41, 5.74) is 2.54. The van der Waals surface area contributed by atoms with Crippen molar-refractivity contribution < 1.29 is 9.59 Å². The van der Waals surface area contributed by atoms with E-state index < -0.39 is 6.04 Å². The number of hydrogen-bond acceptors (Lipinski definition) is 3. The zero-order valence-corrected chi connectivity index (χ0v) is 20.1. The van der Waals surface area contributed by atoms with Crippen molar-refractivity contribution in [3.8, 4) is 0 Å². The van der Waals surface area contributed by atoms with E-state index in [-0.39, 0.29) is 17.7 Å². The monoisotopic (exact) mass is 442 g/mol. The Kier molecular flexibility index (Phi) is 9.06. The second-order valence-electron chi connectivity index (χ2n) is 9.33. The number of carbonyl (C=O) groups excluding carboxylic acids is 2. The first-order valence-electron chi connectivity index (χ1n) is 11.8. The van der Waals surface area contributed by atoms with Crippen molar-refractivity contribution in [2.24, 2.45) is 17.8 Å². The smallest absolute Gasteiger partial charge is 0.245 e. The summed E-state index contributed by atoms with van der Waals surface area (Å²) >= 11 is 1.72. The lowest BCUT2D eigenvalue weighted by Crippen LogP contribution is -2.51. The molecule has 1 N–H and O–H groups in total. The van der Waals surface area contributed by atoms with Gasteiger partial charge in [0.25, 0.3) is 0 Å². The molecule has 0 unspecified atom stereocenters. The van der Waals surface area contributed by atoms with Crippen molar-refractivity contribution in [1.82, 2.24) is 10.2 Å². The molecule has 0 bridgehead atoms. The molecule has 1 aliphatic carbocycles. The Balaban J connectivity index is 1.58. The third-order valence-electron chi connectivity index (χ3n) is 6.98. The molecule has 5 heteroatoms. The van der Waals surface area contributed by atoms with Crippen LogP contribution in [0.4, 0.5) is 0 Å². The van der Waals surface area contributed by atoms with Gasteiger partial charge in [-0.15, -0.1) is 0 Å². The van der Waals surface area contributed by atoms with Gasteiger partial charge < -0.3 is 10.2 Å². The van der Waals surface area contributed by atoms with Crippen LogP contribution in [-0.2, 0) is 9.59 Å². The van der Waals surface area contributed by atoms with Crippen LogP contribution in [0.5, 0.6) is 0 Å². The Bertz CT molecular complexity index is 754. The van der Waals surface area contributed by atoms with Crippen LogP contribution in [0.3, 0.4) is 0 Å². The summed E-state index contributed by atoms with van der Waals surface area (Å²) in [5, 5.41) is 3.14. The third kappa shape index (κ3) is 6.61. The Morgan fingerprint density at radius 1 is 1.13 bits per heavy atom. The highest BCUT2D eigenvalue weighted by molar-refractivity contribution is 7.98. The van der Waals surface area contributed by atoms with Gasteiger partial charge in [-0.25, -0.2) is 0 Å². The fraction of sp³-hybridized carbons (Fsp3) is 0.615. The van der Waals surface area contributed by atoms with Crippen molar-refractivity contribution in [3.63, 3.8) is 0 Å². The van der Waals surface area contributed by atoms with Crippen LogP contribution >= 0.6 is 11.8 Å². The van der Waals surface area contributed by atoms with E-state index in [0.29, 0.717) is 25.4 Å². The summed E-state index contributed by atoms with van der Waals surface area (Å²) in [5.74, 6) is 2.51. The normalized spacial score (nSPS) is 22.7. The lowest BCUT2D eigenvalue weighted by molar-refractivity contribution is -0.137. The maximum Gasteiger partial charge on any atom is 0.245 e. The van der Waals surface area contributed by atoms with Crippen LogP contribution in [0.25, 0.3) is 5.57 Å². The molecule has 0 aromatic heterocycles. The number of hydrogen-bond donors (Lipinski definition) is 1. The number of amides is 2. The summed E-state index contributed by atoms with van der Waals surface area (Å²) in [6.45, 7) is 5.88. The molecular weight excluding hydrogens is 404 g/mol. The largest absolute Gasteiger partial charge is 0.344 e.